The van der Waals surface area contributed by atoms with Gasteiger partial charge in [0.15, 0.2) is 0 Å². The smallest absolute Gasteiger partial charge is 0.319 e. The van der Waals surface area contributed by atoms with Crippen molar-refractivity contribution >= 4 is 12.3 Å². The van der Waals surface area contributed by atoms with E-state index in [0.717, 1.165) is 6.42 Å². The van der Waals surface area contributed by atoms with Gasteiger partial charge in [-0.25, -0.2) is 0 Å². The highest BCUT2D eigenvalue weighted by atomic mass is 16.7. The molecule has 0 aromatic rings. The molecule has 0 amide bonds. The van der Waals surface area contributed by atoms with E-state index in [9.17, 15) is 9.59 Å². The Morgan fingerprint density at radius 1 is 1.53 bits per heavy atom. The second kappa shape index (κ2) is 4.49. The van der Waals surface area contributed by atoms with E-state index >= 15 is 0 Å². The molecule has 2 aliphatic rings. The number of methoxy groups -OCH3 is 2. The molecule has 0 N–H and O–H groups in total. The van der Waals surface area contributed by atoms with Gasteiger partial charge in [-0.3, -0.25) is 4.79 Å². The molecule has 94 valence electrons. The standard InChI is InChI=1S/C12H16O5/c1-15-10-9-8(4-6-17-10)3-5-12(9,7-13)11(14)16-2/h4,6-10H,3,5H2,1-2H3. The fraction of sp³-hybridized carbons (Fsp3) is 0.667. The lowest BCUT2D eigenvalue weighted by Gasteiger charge is -2.36. The molecule has 1 saturated carbocycles. The van der Waals surface area contributed by atoms with Crippen LogP contribution < -0.4 is 0 Å². The van der Waals surface area contributed by atoms with Gasteiger partial charge in [0.25, 0.3) is 0 Å². The molecule has 4 atom stereocenters. The number of fused-ring (bicyclic) bond motifs is 1. The number of hydrogen-bond donors (Lipinski definition) is 0. The van der Waals surface area contributed by atoms with Gasteiger partial charge in [0.05, 0.1) is 19.3 Å². The van der Waals surface area contributed by atoms with Crippen LogP contribution in [0.25, 0.3) is 0 Å². The molecule has 17 heavy (non-hydrogen) atoms. The van der Waals surface area contributed by atoms with Crippen LogP contribution in [0, 0.1) is 17.3 Å². The SMILES string of the molecule is COC(=O)C1(C=O)CCC2C=COC(OC)C21. The van der Waals surface area contributed by atoms with E-state index in [2.05, 4.69) is 0 Å². The minimum absolute atomic E-state index is 0.123. The molecule has 1 fully saturated rings. The Balaban J connectivity index is 2.38. The normalized spacial score (nSPS) is 39.3. The zero-order valence-corrected chi connectivity index (χ0v) is 9.92. The molecule has 4 unspecified atom stereocenters. The Bertz CT molecular complexity index is 351. The number of carbonyl (C=O) groups excluding carboxylic acids is 2. The number of carbonyl (C=O) groups is 2. The van der Waals surface area contributed by atoms with Crippen molar-refractivity contribution < 1.29 is 23.8 Å². The van der Waals surface area contributed by atoms with Crippen LogP contribution in [0.2, 0.25) is 0 Å². The highest BCUT2D eigenvalue weighted by molar-refractivity contribution is 5.94. The first-order valence-electron chi connectivity index (χ1n) is 5.59. The second-order valence-electron chi connectivity index (χ2n) is 4.45. The molecule has 5 heteroatoms. The van der Waals surface area contributed by atoms with Crippen LogP contribution >= 0.6 is 0 Å². The Kier molecular flexibility index (Phi) is 3.19. The Morgan fingerprint density at radius 2 is 2.29 bits per heavy atom. The van der Waals surface area contributed by atoms with Gasteiger partial charge in [0, 0.05) is 7.11 Å². The largest absolute Gasteiger partial charge is 0.473 e. The summed E-state index contributed by atoms with van der Waals surface area (Å²) in [6.07, 6.45) is 4.82. The molecule has 2 rings (SSSR count). The van der Waals surface area contributed by atoms with Crippen molar-refractivity contribution in [2.75, 3.05) is 14.2 Å². The van der Waals surface area contributed by atoms with Gasteiger partial charge in [0.1, 0.15) is 11.7 Å². The van der Waals surface area contributed by atoms with Crippen molar-refractivity contribution in [3.63, 3.8) is 0 Å². The summed E-state index contributed by atoms with van der Waals surface area (Å²) in [5.41, 5.74) is -1.13. The van der Waals surface area contributed by atoms with E-state index in [1.54, 1.807) is 6.26 Å². The highest BCUT2D eigenvalue weighted by Crippen LogP contribution is 2.51. The van der Waals surface area contributed by atoms with Gasteiger partial charge in [0.2, 0.25) is 6.29 Å². The molecule has 0 aromatic carbocycles. The lowest BCUT2D eigenvalue weighted by molar-refractivity contribution is -0.182. The summed E-state index contributed by atoms with van der Waals surface area (Å²) in [5, 5.41) is 0. The summed E-state index contributed by atoms with van der Waals surface area (Å²) in [7, 11) is 2.80. The van der Waals surface area contributed by atoms with Gasteiger partial charge >= 0.3 is 5.97 Å². The van der Waals surface area contributed by atoms with Crippen LogP contribution in [0.15, 0.2) is 12.3 Å². The molecule has 0 spiro atoms. The summed E-state index contributed by atoms with van der Waals surface area (Å²) < 4.78 is 15.3. The average molecular weight is 240 g/mol. The molecule has 1 aliphatic carbocycles. The van der Waals surface area contributed by atoms with Gasteiger partial charge < -0.3 is 19.0 Å². The summed E-state index contributed by atoms with van der Waals surface area (Å²) in [5.74, 6) is -0.679. The third-order valence-corrected chi connectivity index (χ3v) is 3.79. The minimum Gasteiger partial charge on any atom is -0.473 e. The van der Waals surface area contributed by atoms with E-state index in [1.165, 1.54) is 14.2 Å². The first-order valence-corrected chi connectivity index (χ1v) is 5.59. The van der Waals surface area contributed by atoms with E-state index in [4.69, 9.17) is 14.2 Å². The van der Waals surface area contributed by atoms with Gasteiger partial charge in [-0.05, 0) is 24.8 Å². The maximum Gasteiger partial charge on any atom is 0.319 e. The molecular formula is C12H16O5. The maximum atomic E-state index is 11.9. The monoisotopic (exact) mass is 240 g/mol. The van der Waals surface area contributed by atoms with Crippen LogP contribution in [-0.4, -0.2) is 32.8 Å². The van der Waals surface area contributed by atoms with Crippen molar-refractivity contribution in [3.8, 4) is 0 Å². The Hall–Kier alpha value is -1.36. The van der Waals surface area contributed by atoms with Gasteiger partial charge in [-0.2, -0.15) is 0 Å². The van der Waals surface area contributed by atoms with Crippen molar-refractivity contribution in [1.82, 2.24) is 0 Å². The van der Waals surface area contributed by atoms with Crippen molar-refractivity contribution in [2.24, 2.45) is 17.3 Å². The Labute approximate surface area is 99.7 Å². The first kappa shape index (κ1) is 12.1. The summed E-state index contributed by atoms with van der Waals surface area (Å²) in [6.45, 7) is 0. The number of rotatable bonds is 3. The predicted molar refractivity (Wildman–Crippen MR) is 57.7 cm³/mol. The van der Waals surface area contributed by atoms with E-state index in [1.807, 2.05) is 6.08 Å². The fourth-order valence-corrected chi connectivity index (χ4v) is 2.92. The lowest BCUT2D eigenvalue weighted by atomic mass is 9.75. The first-order chi connectivity index (χ1) is 8.19. The van der Waals surface area contributed by atoms with Gasteiger partial charge in [-0.15, -0.1) is 0 Å². The van der Waals surface area contributed by atoms with E-state index in [-0.39, 0.29) is 11.8 Å². The molecule has 1 heterocycles. The highest BCUT2D eigenvalue weighted by Gasteiger charge is 2.58. The van der Waals surface area contributed by atoms with Crippen LogP contribution in [0.3, 0.4) is 0 Å². The van der Waals surface area contributed by atoms with Crippen molar-refractivity contribution in [2.45, 2.75) is 19.1 Å². The lowest BCUT2D eigenvalue weighted by Crippen LogP contribution is -2.46. The second-order valence-corrected chi connectivity index (χ2v) is 4.45. The molecule has 0 aromatic heterocycles. The summed E-state index contributed by atoms with van der Waals surface area (Å²) >= 11 is 0. The maximum absolute atomic E-state index is 11.9. The zero-order valence-electron chi connectivity index (χ0n) is 9.92. The Morgan fingerprint density at radius 3 is 2.88 bits per heavy atom. The molecule has 1 aliphatic heterocycles. The fourth-order valence-electron chi connectivity index (χ4n) is 2.92. The molecular weight excluding hydrogens is 224 g/mol. The summed E-state index contributed by atoms with van der Waals surface area (Å²) in [6, 6.07) is 0. The van der Waals surface area contributed by atoms with E-state index in [0.29, 0.717) is 12.7 Å². The van der Waals surface area contributed by atoms with Crippen molar-refractivity contribution in [3.05, 3.63) is 12.3 Å². The number of esters is 1. The molecule has 0 saturated heterocycles. The van der Waals surface area contributed by atoms with Crippen LogP contribution in [0.4, 0.5) is 0 Å². The van der Waals surface area contributed by atoms with Crippen molar-refractivity contribution in [1.29, 1.82) is 0 Å². The number of ether oxygens (including phenoxy) is 3. The number of aldehydes is 1. The van der Waals surface area contributed by atoms with Gasteiger partial charge in [-0.1, -0.05) is 0 Å². The minimum atomic E-state index is -1.13. The number of allylic oxidation sites excluding steroid dienone is 1. The topological polar surface area (TPSA) is 61.8 Å². The quantitative estimate of drug-likeness (QED) is 0.416. The molecule has 0 bridgehead atoms. The van der Waals surface area contributed by atoms with E-state index < -0.39 is 17.7 Å². The molecule has 5 nitrogen and oxygen atoms in total. The molecule has 0 radical (unpaired) electrons. The van der Waals surface area contributed by atoms with Crippen LogP contribution in [-0.2, 0) is 23.8 Å². The third kappa shape index (κ3) is 1.65. The predicted octanol–water partition coefficient (Wildman–Crippen LogP) is 0.887. The van der Waals surface area contributed by atoms with Crippen LogP contribution in [0.5, 0.6) is 0 Å². The third-order valence-electron chi connectivity index (χ3n) is 3.79. The summed E-state index contributed by atoms with van der Waals surface area (Å²) in [4.78, 5) is 23.3. The van der Waals surface area contributed by atoms with Crippen LogP contribution in [0.1, 0.15) is 12.8 Å². The average Bonchev–Trinajstić information content (AvgIpc) is 2.77. The number of hydrogen-bond acceptors (Lipinski definition) is 5. The zero-order chi connectivity index (χ0) is 12.5.